The predicted octanol–water partition coefficient (Wildman–Crippen LogP) is 4.09. The highest BCUT2D eigenvalue weighted by atomic mass is 32.2. The lowest BCUT2D eigenvalue weighted by molar-refractivity contribution is 0.0487. The molecule has 0 spiro atoms. The molecule has 0 heterocycles. The summed E-state index contributed by atoms with van der Waals surface area (Å²) in [5.41, 5.74) is -0.425. The minimum absolute atomic E-state index is 0.246. The predicted molar refractivity (Wildman–Crippen MR) is 98.1 cm³/mol. The number of carbonyl (C=O) groups is 1. The van der Waals surface area contributed by atoms with Gasteiger partial charge in [-0.15, -0.1) is 0 Å². The third-order valence-corrected chi connectivity index (χ3v) is 5.92. The van der Waals surface area contributed by atoms with Gasteiger partial charge in [0.25, 0.3) is 0 Å². The Kier molecular flexibility index (Phi) is 7.08. The molecule has 0 aromatic heterocycles. The highest BCUT2D eigenvalue weighted by molar-refractivity contribution is 7.99. The van der Waals surface area contributed by atoms with E-state index in [9.17, 15) is 4.79 Å². The Morgan fingerprint density at radius 3 is 2.26 bits per heavy atom. The van der Waals surface area contributed by atoms with Crippen LogP contribution < -0.4 is 10.6 Å². The topological polar surface area (TPSA) is 50.4 Å². The normalized spacial score (nSPS) is 32.3. The summed E-state index contributed by atoms with van der Waals surface area (Å²) in [7, 11) is 0. The molecule has 2 N–H and O–H groups in total. The van der Waals surface area contributed by atoms with E-state index in [0.717, 1.165) is 18.1 Å². The number of thioether (sulfide) groups is 1. The summed E-state index contributed by atoms with van der Waals surface area (Å²) in [6, 6.07) is 1.44. The smallest absolute Gasteiger partial charge is 0.407 e. The van der Waals surface area contributed by atoms with Gasteiger partial charge in [-0.2, -0.15) is 11.8 Å². The lowest BCUT2D eigenvalue weighted by atomic mass is 9.88. The summed E-state index contributed by atoms with van der Waals surface area (Å²) in [6.07, 6.45) is 11.8. The highest BCUT2D eigenvalue weighted by Crippen LogP contribution is 2.28. The van der Waals surface area contributed by atoms with Crippen molar-refractivity contribution in [2.75, 3.05) is 6.26 Å². The molecule has 134 valence electrons. The Hall–Kier alpha value is -0.420. The molecule has 2 fully saturated rings. The first-order chi connectivity index (χ1) is 10.9. The maximum atomic E-state index is 11.9. The van der Waals surface area contributed by atoms with Crippen LogP contribution in [0.25, 0.3) is 0 Å². The van der Waals surface area contributed by atoms with E-state index in [1.165, 1.54) is 38.5 Å². The molecule has 0 bridgehead atoms. The molecule has 0 aliphatic heterocycles. The van der Waals surface area contributed by atoms with Crippen LogP contribution in [0.3, 0.4) is 0 Å². The third-order valence-electron chi connectivity index (χ3n) is 4.83. The number of nitrogens with one attached hydrogen (secondary N) is 2. The Labute approximate surface area is 145 Å². The number of hydrogen-bond acceptors (Lipinski definition) is 4. The molecule has 0 aromatic carbocycles. The molecule has 4 unspecified atom stereocenters. The summed E-state index contributed by atoms with van der Waals surface area (Å²) in [5, 5.41) is 7.75. The second-order valence-electron chi connectivity index (χ2n) is 8.09. The van der Waals surface area contributed by atoms with Gasteiger partial charge >= 0.3 is 6.09 Å². The van der Waals surface area contributed by atoms with Crippen molar-refractivity contribution in [2.45, 2.75) is 101 Å². The first-order valence-corrected chi connectivity index (χ1v) is 10.4. The van der Waals surface area contributed by atoms with Crippen molar-refractivity contribution in [1.82, 2.24) is 10.6 Å². The molecular weight excluding hydrogens is 308 g/mol. The molecule has 5 heteroatoms. The summed E-state index contributed by atoms with van der Waals surface area (Å²) in [4.78, 5) is 11.9. The van der Waals surface area contributed by atoms with Crippen molar-refractivity contribution < 1.29 is 9.53 Å². The minimum atomic E-state index is -0.425. The molecule has 4 atom stereocenters. The number of amides is 1. The van der Waals surface area contributed by atoms with Crippen LogP contribution in [0.2, 0.25) is 0 Å². The van der Waals surface area contributed by atoms with E-state index < -0.39 is 5.60 Å². The van der Waals surface area contributed by atoms with E-state index in [1.807, 2.05) is 32.5 Å². The average molecular weight is 343 g/mol. The van der Waals surface area contributed by atoms with Crippen molar-refractivity contribution in [3.63, 3.8) is 0 Å². The van der Waals surface area contributed by atoms with Crippen LogP contribution in [0.15, 0.2) is 0 Å². The second-order valence-corrected chi connectivity index (χ2v) is 9.23. The zero-order valence-electron chi connectivity index (χ0n) is 15.2. The van der Waals surface area contributed by atoms with Gasteiger partial charge in [0.15, 0.2) is 0 Å². The number of carbonyl (C=O) groups excluding carboxylic acids is 1. The van der Waals surface area contributed by atoms with Gasteiger partial charge in [-0.05, 0) is 72.0 Å². The van der Waals surface area contributed by atoms with Crippen LogP contribution in [0, 0.1) is 0 Å². The highest BCUT2D eigenvalue weighted by Gasteiger charge is 2.28. The molecule has 2 aliphatic carbocycles. The molecule has 23 heavy (non-hydrogen) atoms. The first kappa shape index (κ1) is 18.9. The van der Waals surface area contributed by atoms with Crippen molar-refractivity contribution in [1.29, 1.82) is 0 Å². The van der Waals surface area contributed by atoms with E-state index in [2.05, 4.69) is 16.9 Å². The molecular formula is C18H34N2O2S. The van der Waals surface area contributed by atoms with Gasteiger partial charge in [0.1, 0.15) is 5.60 Å². The number of hydrogen-bond donors (Lipinski definition) is 2. The molecule has 2 rings (SSSR count). The van der Waals surface area contributed by atoms with Crippen LogP contribution in [0.1, 0.15) is 72.1 Å². The fourth-order valence-electron chi connectivity index (χ4n) is 3.79. The van der Waals surface area contributed by atoms with Crippen molar-refractivity contribution in [2.24, 2.45) is 0 Å². The summed E-state index contributed by atoms with van der Waals surface area (Å²) in [5.74, 6) is 0. The second kappa shape index (κ2) is 8.61. The Morgan fingerprint density at radius 2 is 1.61 bits per heavy atom. The van der Waals surface area contributed by atoms with Crippen LogP contribution >= 0.6 is 11.8 Å². The van der Waals surface area contributed by atoms with Crippen LogP contribution in [0.5, 0.6) is 0 Å². The summed E-state index contributed by atoms with van der Waals surface area (Å²) < 4.78 is 5.38. The number of ether oxygens (including phenoxy) is 1. The first-order valence-electron chi connectivity index (χ1n) is 9.14. The van der Waals surface area contributed by atoms with E-state index in [-0.39, 0.29) is 12.1 Å². The SMILES string of the molecule is CSC1CCCC(NC2CCCC(NC(=O)OC(C)(C)C)C2)C1. The van der Waals surface area contributed by atoms with Gasteiger partial charge in [0, 0.05) is 23.4 Å². The fourth-order valence-corrected chi connectivity index (χ4v) is 4.62. The standard InChI is InChI=1S/C18H34N2O2S/c1-18(2,3)22-17(21)20-14-8-5-7-13(11-14)19-15-9-6-10-16(12-15)23-4/h13-16,19H,5-12H2,1-4H3,(H,20,21). The monoisotopic (exact) mass is 342 g/mol. The van der Waals surface area contributed by atoms with Crippen LogP contribution in [-0.4, -0.2) is 41.3 Å². The van der Waals surface area contributed by atoms with Gasteiger partial charge in [0.05, 0.1) is 0 Å². The maximum absolute atomic E-state index is 11.9. The van der Waals surface area contributed by atoms with E-state index in [4.69, 9.17) is 4.74 Å². The van der Waals surface area contributed by atoms with Crippen LogP contribution in [0.4, 0.5) is 4.79 Å². The Bertz CT molecular complexity index is 384. The zero-order chi connectivity index (χ0) is 16.9. The van der Waals surface area contributed by atoms with E-state index in [1.54, 1.807) is 0 Å². The largest absolute Gasteiger partial charge is 0.444 e. The van der Waals surface area contributed by atoms with Crippen LogP contribution in [-0.2, 0) is 4.74 Å². The molecule has 2 aliphatic rings. The zero-order valence-corrected chi connectivity index (χ0v) is 16.0. The van der Waals surface area contributed by atoms with Gasteiger partial charge in [-0.1, -0.05) is 6.42 Å². The quantitative estimate of drug-likeness (QED) is 0.808. The number of alkyl carbamates (subject to hydrolysis) is 1. The lowest BCUT2D eigenvalue weighted by Gasteiger charge is -2.36. The van der Waals surface area contributed by atoms with E-state index in [0.29, 0.717) is 12.1 Å². The fraction of sp³-hybridized carbons (Fsp3) is 0.944. The molecule has 0 aromatic rings. The molecule has 2 saturated carbocycles. The Morgan fingerprint density at radius 1 is 1.00 bits per heavy atom. The third kappa shape index (κ3) is 6.92. The molecule has 4 nitrogen and oxygen atoms in total. The summed E-state index contributed by atoms with van der Waals surface area (Å²) >= 11 is 2.01. The van der Waals surface area contributed by atoms with Gasteiger partial charge < -0.3 is 15.4 Å². The van der Waals surface area contributed by atoms with Crippen molar-refractivity contribution >= 4 is 17.9 Å². The van der Waals surface area contributed by atoms with Crippen molar-refractivity contribution in [3.05, 3.63) is 0 Å². The summed E-state index contributed by atoms with van der Waals surface area (Å²) in [6.45, 7) is 5.72. The molecule has 0 radical (unpaired) electrons. The molecule has 0 saturated heterocycles. The molecule has 1 amide bonds. The Balaban J connectivity index is 1.75. The van der Waals surface area contributed by atoms with Gasteiger partial charge in [0.2, 0.25) is 0 Å². The van der Waals surface area contributed by atoms with Crippen molar-refractivity contribution in [3.8, 4) is 0 Å². The number of rotatable bonds is 4. The van der Waals surface area contributed by atoms with Gasteiger partial charge in [-0.25, -0.2) is 4.79 Å². The average Bonchev–Trinajstić information content (AvgIpc) is 2.45. The lowest BCUT2D eigenvalue weighted by Crippen LogP contribution is -2.49. The van der Waals surface area contributed by atoms with Gasteiger partial charge in [-0.3, -0.25) is 0 Å². The maximum Gasteiger partial charge on any atom is 0.407 e. The minimum Gasteiger partial charge on any atom is -0.444 e. The van der Waals surface area contributed by atoms with E-state index >= 15 is 0 Å².